The monoisotopic (exact) mass is 391 g/mol. The first-order chi connectivity index (χ1) is 14.2. The van der Waals surface area contributed by atoms with Crippen molar-refractivity contribution in [2.75, 3.05) is 30.0 Å². The van der Waals surface area contributed by atoms with Gasteiger partial charge in [-0.25, -0.2) is 9.97 Å². The smallest absolute Gasteiger partial charge is 0.354 e. The van der Waals surface area contributed by atoms with E-state index < -0.39 is 4.92 Å². The summed E-state index contributed by atoms with van der Waals surface area (Å²) in [6.45, 7) is 1.58. The summed E-state index contributed by atoms with van der Waals surface area (Å²) in [6.07, 6.45) is 2.14. The highest BCUT2D eigenvalue weighted by Gasteiger charge is 2.31. The van der Waals surface area contributed by atoms with Crippen LogP contribution >= 0.6 is 0 Å². The van der Waals surface area contributed by atoms with Crippen LogP contribution in [0.5, 0.6) is 11.5 Å². The fourth-order valence-electron chi connectivity index (χ4n) is 3.64. The zero-order chi connectivity index (χ0) is 19.8. The average molecular weight is 391 g/mol. The summed E-state index contributed by atoms with van der Waals surface area (Å²) < 4.78 is 11.1. The first kappa shape index (κ1) is 17.2. The van der Waals surface area contributed by atoms with E-state index in [1.165, 1.54) is 6.33 Å². The van der Waals surface area contributed by atoms with Crippen molar-refractivity contribution in [3.8, 4) is 11.5 Å². The molecular formula is C20H17N5O4. The van der Waals surface area contributed by atoms with Crippen LogP contribution in [-0.2, 0) is 6.42 Å². The number of rotatable bonds is 4. The van der Waals surface area contributed by atoms with E-state index in [2.05, 4.69) is 15.3 Å². The summed E-state index contributed by atoms with van der Waals surface area (Å²) in [7, 11) is 0. The van der Waals surface area contributed by atoms with Gasteiger partial charge in [0, 0.05) is 24.0 Å². The second-order valence-corrected chi connectivity index (χ2v) is 6.67. The Bertz CT molecular complexity index is 1100. The lowest BCUT2D eigenvalue weighted by Gasteiger charge is -2.20. The Morgan fingerprint density at radius 1 is 1.07 bits per heavy atom. The second-order valence-electron chi connectivity index (χ2n) is 6.67. The molecule has 5 rings (SSSR count). The summed E-state index contributed by atoms with van der Waals surface area (Å²) in [5.41, 5.74) is 2.52. The molecule has 0 atom stereocenters. The molecule has 0 unspecified atom stereocenters. The largest absolute Gasteiger partial charge is 0.486 e. The molecular weight excluding hydrogens is 374 g/mol. The number of anilines is 4. The fraction of sp³-hybridized carbons (Fsp3) is 0.200. The van der Waals surface area contributed by atoms with Gasteiger partial charge in [0.2, 0.25) is 11.6 Å². The minimum Gasteiger partial charge on any atom is -0.486 e. The van der Waals surface area contributed by atoms with Gasteiger partial charge in [-0.1, -0.05) is 18.2 Å². The molecule has 3 heterocycles. The molecule has 9 nitrogen and oxygen atoms in total. The first-order valence-electron chi connectivity index (χ1n) is 9.22. The molecule has 0 spiro atoms. The molecule has 1 N–H and O–H groups in total. The number of para-hydroxylation sites is 1. The highest BCUT2D eigenvalue weighted by Crippen LogP contribution is 2.41. The van der Waals surface area contributed by atoms with Crippen molar-refractivity contribution in [2.45, 2.75) is 6.42 Å². The van der Waals surface area contributed by atoms with E-state index in [1.807, 2.05) is 29.2 Å². The third-order valence-electron chi connectivity index (χ3n) is 4.93. The molecule has 2 aliphatic rings. The highest BCUT2D eigenvalue weighted by atomic mass is 16.6. The summed E-state index contributed by atoms with van der Waals surface area (Å²) in [5, 5.41) is 15.0. The number of nitro groups is 1. The first-order valence-corrected chi connectivity index (χ1v) is 9.22. The molecule has 146 valence electrons. The molecule has 0 fully saturated rings. The Morgan fingerprint density at radius 3 is 2.76 bits per heavy atom. The van der Waals surface area contributed by atoms with Gasteiger partial charge in [-0.2, -0.15) is 0 Å². The third-order valence-corrected chi connectivity index (χ3v) is 4.93. The van der Waals surface area contributed by atoms with Gasteiger partial charge in [-0.15, -0.1) is 0 Å². The lowest BCUT2D eigenvalue weighted by atomic mass is 10.2. The molecule has 1 aromatic heterocycles. The number of benzene rings is 2. The molecule has 0 saturated carbocycles. The lowest BCUT2D eigenvalue weighted by molar-refractivity contribution is -0.383. The molecule has 0 radical (unpaired) electrons. The van der Waals surface area contributed by atoms with Gasteiger partial charge in [-0.05, 0) is 30.2 Å². The van der Waals surface area contributed by atoms with Crippen molar-refractivity contribution >= 4 is 28.7 Å². The highest BCUT2D eigenvalue weighted by molar-refractivity contribution is 5.80. The lowest BCUT2D eigenvalue weighted by Crippen LogP contribution is -2.18. The van der Waals surface area contributed by atoms with E-state index in [-0.39, 0.29) is 17.3 Å². The van der Waals surface area contributed by atoms with E-state index in [1.54, 1.807) is 18.2 Å². The number of aromatic nitrogens is 2. The molecule has 9 heteroatoms. The number of nitrogens with one attached hydrogen (secondary N) is 1. The van der Waals surface area contributed by atoms with Gasteiger partial charge in [0.05, 0.1) is 4.92 Å². The molecule has 3 aromatic rings. The summed E-state index contributed by atoms with van der Waals surface area (Å²) in [6, 6.07) is 13.1. The van der Waals surface area contributed by atoms with Crippen molar-refractivity contribution < 1.29 is 14.4 Å². The third kappa shape index (κ3) is 3.06. The Morgan fingerprint density at radius 2 is 1.90 bits per heavy atom. The van der Waals surface area contributed by atoms with Crippen LogP contribution in [-0.4, -0.2) is 34.6 Å². The Balaban J connectivity index is 1.53. The molecule has 2 aliphatic heterocycles. The van der Waals surface area contributed by atoms with Crippen LogP contribution in [0, 0.1) is 10.1 Å². The van der Waals surface area contributed by atoms with Crippen molar-refractivity contribution in [2.24, 2.45) is 0 Å². The summed E-state index contributed by atoms with van der Waals surface area (Å²) in [4.78, 5) is 21.7. The standard InChI is InChI=1S/C20H17N5O4/c26-25(27)18-19(23-14-5-6-16-17(11-14)29-10-9-28-16)21-12-22-20(18)24-8-7-13-3-1-2-4-15(13)24/h1-6,11-12H,7-10H2,(H,21,22,23). The van der Waals surface area contributed by atoms with Gasteiger partial charge >= 0.3 is 5.69 Å². The number of hydrogen-bond acceptors (Lipinski definition) is 8. The van der Waals surface area contributed by atoms with Crippen LogP contribution in [0.25, 0.3) is 0 Å². The van der Waals surface area contributed by atoms with Crippen LogP contribution < -0.4 is 19.7 Å². The second kappa shape index (κ2) is 6.93. The van der Waals surface area contributed by atoms with E-state index in [0.29, 0.717) is 36.9 Å². The van der Waals surface area contributed by atoms with Gasteiger partial charge in [0.1, 0.15) is 19.5 Å². The van der Waals surface area contributed by atoms with E-state index in [9.17, 15) is 10.1 Å². The zero-order valence-electron chi connectivity index (χ0n) is 15.4. The SMILES string of the molecule is O=[N+]([O-])c1c(Nc2ccc3c(c2)OCCO3)ncnc1N1CCc2ccccc21. The molecule has 2 aromatic carbocycles. The number of nitrogens with zero attached hydrogens (tertiary/aromatic N) is 4. The van der Waals surface area contributed by atoms with Crippen molar-refractivity contribution in [1.82, 2.24) is 9.97 Å². The van der Waals surface area contributed by atoms with Crippen LogP contribution in [0.3, 0.4) is 0 Å². The predicted octanol–water partition coefficient (Wildman–Crippen LogP) is 3.59. The van der Waals surface area contributed by atoms with Crippen molar-refractivity contribution in [3.05, 3.63) is 64.5 Å². The van der Waals surface area contributed by atoms with Crippen LogP contribution in [0.4, 0.5) is 28.7 Å². The maximum Gasteiger partial charge on any atom is 0.354 e. The van der Waals surface area contributed by atoms with Gasteiger partial charge in [0.15, 0.2) is 11.5 Å². The molecule has 0 aliphatic carbocycles. The predicted molar refractivity (Wildman–Crippen MR) is 107 cm³/mol. The summed E-state index contributed by atoms with van der Waals surface area (Å²) in [5.74, 6) is 1.64. The minimum atomic E-state index is -0.448. The fourth-order valence-corrected chi connectivity index (χ4v) is 3.64. The number of fused-ring (bicyclic) bond motifs is 2. The molecule has 29 heavy (non-hydrogen) atoms. The minimum absolute atomic E-state index is 0.126. The van der Waals surface area contributed by atoms with Crippen molar-refractivity contribution in [1.29, 1.82) is 0 Å². The quantitative estimate of drug-likeness (QED) is 0.532. The maximum absolute atomic E-state index is 11.9. The Hall–Kier alpha value is -3.88. The maximum atomic E-state index is 11.9. The van der Waals surface area contributed by atoms with Gasteiger partial charge in [0.25, 0.3) is 0 Å². The van der Waals surface area contributed by atoms with Gasteiger partial charge in [-0.3, -0.25) is 10.1 Å². The van der Waals surface area contributed by atoms with E-state index >= 15 is 0 Å². The number of hydrogen-bond donors (Lipinski definition) is 1. The molecule has 0 saturated heterocycles. The van der Waals surface area contributed by atoms with Crippen LogP contribution in [0.1, 0.15) is 5.56 Å². The van der Waals surface area contributed by atoms with Crippen LogP contribution in [0.15, 0.2) is 48.8 Å². The Kier molecular flexibility index (Phi) is 4.12. The molecule has 0 bridgehead atoms. The van der Waals surface area contributed by atoms with Crippen molar-refractivity contribution in [3.63, 3.8) is 0 Å². The molecule has 0 amide bonds. The number of ether oxygens (including phenoxy) is 2. The summed E-state index contributed by atoms with van der Waals surface area (Å²) >= 11 is 0. The van der Waals surface area contributed by atoms with E-state index in [0.717, 1.165) is 17.7 Å². The average Bonchev–Trinajstić information content (AvgIpc) is 3.17. The normalized spacial score (nSPS) is 14.4. The van der Waals surface area contributed by atoms with Crippen LogP contribution in [0.2, 0.25) is 0 Å². The zero-order valence-corrected chi connectivity index (χ0v) is 15.4. The Labute approximate surface area is 166 Å². The topological polar surface area (TPSA) is 103 Å². The van der Waals surface area contributed by atoms with Gasteiger partial charge < -0.3 is 19.7 Å². The van der Waals surface area contributed by atoms with E-state index in [4.69, 9.17) is 9.47 Å².